The maximum absolute atomic E-state index is 3.56. The molecule has 2 heteroatoms. The monoisotopic (exact) mass is 297 g/mol. The Bertz CT molecular complexity index is 349. The van der Waals surface area contributed by atoms with E-state index in [9.17, 15) is 0 Å². The molecule has 0 spiro atoms. The molecule has 0 aliphatic carbocycles. The molecular formula is C15H24BrN. The van der Waals surface area contributed by atoms with Crippen LogP contribution in [0.15, 0.2) is 22.7 Å². The van der Waals surface area contributed by atoms with Gasteiger partial charge in [-0.1, -0.05) is 54.8 Å². The molecule has 1 N–H and O–H groups in total. The number of halogens is 1. The summed E-state index contributed by atoms with van der Waals surface area (Å²) in [5.74, 6) is 0.779. The highest BCUT2D eigenvalue weighted by molar-refractivity contribution is 9.10. The first-order chi connectivity index (χ1) is 8.08. The van der Waals surface area contributed by atoms with Gasteiger partial charge in [0.05, 0.1) is 0 Å². The van der Waals surface area contributed by atoms with Crippen LogP contribution in [0.4, 0.5) is 0 Å². The average molecular weight is 298 g/mol. The number of aryl methyl sites for hydroxylation is 1. The van der Waals surface area contributed by atoms with Crippen LogP contribution in [0, 0.1) is 12.8 Å². The van der Waals surface area contributed by atoms with Gasteiger partial charge in [-0.2, -0.15) is 0 Å². The fourth-order valence-electron chi connectivity index (χ4n) is 2.32. The van der Waals surface area contributed by atoms with Crippen LogP contribution < -0.4 is 5.32 Å². The molecule has 1 aromatic carbocycles. The molecular weight excluding hydrogens is 274 g/mol. The van der Waals surface area contributed by atoms with Crippen molar-refractivity contribution in [2.75, 3.05) is 7.05 Å². The minimum absolute atomic E-state index is 0.475. The third kappa shape index (κ3) is 4.44. The largest absolute Gasteiger partial charge is 0.313 e. The molecule has 0 heterocycles. The molecule has 0 saturated heterocycles. The summed E-state index contributed by atoms with van der Waals surface area (Å²) in [6.45, 7) is 6.75. The average Bonchev–Trinajstić information content (AvgIpc) is 2.30. The summed E-state index contributed by atoms with van der Waals surface area (Å²) >= 11 is 3.56. The Labute approximate surface area is 114 Å². The predicted octanol–water partition coefficient (Wildman–Crippen LogP) is 4.84. The van der Waals surface area contributed by atoms with Gasteiger partial charge in [0.1, 0.15) is 0 Å². The zero-order valence-corrected chi connectivity index (χ0v) is 13.0. The van der Waals surface area contributed by atoms with E-state index in [0.717, 1.165) is 5.92 Å². The fraction of sp³-hybridized carbons (Fsp3) is 0.600. The summed E-state index contributed by atoms with van der Waals surface area (Å²) in [5, 5.41) is 3.44. The van der Waals surface area contributed by atoms with Crippen LogP contribution in [0.1, 0.15) is 50.3 Å². The van der Waals surface area contributed by atoms with E-state index in [0.29, 0.717) is 6.04 Å². The van der Waals surface area contributed by atoms with Crippen molar-refractivity contribution < 1.29 is 0 Å². The van der Waals surface area contributed by atoms with E-state index < -0.39 is 0 Å². The van der Waals surface area contributed by atoms with Crippen LogP contribution in [0.25, 0.3) is 0 Å². The summed E-state index contributed by atoms with van der Waals surface area (Å²) in [6, 6.07) is 7.13. The highest BCUT2D eigenvalue weighted by Crippen LogP contribution is 2.26. The summed E-state index contributed by atoms with van der Waals surface area (Å²) in [6.07, 6.45) is 3.80. The highest BCUT2D eigenvalue weighted by atomic mass is 79.9. The lowest BCUT2D eigenvalue weighted by Crippen LogP contribution is -2.19. The van der Waals surface area contributed by atoms with Gasteiger partial charge < -0.3 is 5.32 Å². The third-order valence-corrected chi connectivity index (χ3v) is 4.24. The van der Waals surface area contributed by atoms with Gasteiger partial charge >= 0.3 is 0 Å². The van der Waals surface area contributed by atoms with E-state index >= 15 is 0 Å². The topological polar surface area (TPSA) is 12.0 Å². The molecule has 0 aliphatic heterocycles. The van der Waals surface area contributed by atoms with E-state index in [-0.39, 0.29) is 0 Å². The summed E-state index contributed by atoms with van der Waals surface area (Å²) < 4.78 is 1.19. The molecule has 0 aliphatic rings. The standard InChI is InChI=1S/C15H24BrN/c1-5-6-11(2)9-15(17-4)13-7-8-14(16)12(3)10-13/h7-8,10-11,15,17H,5-6,9H2,1-4H3. The molecule has 2 unspecified atom stereocenters. The van der Waals surface area contributed by atoms with Gasteiger partial charge in [0, 0.05) is 10.5 Å². The van der Waals surface area contributed by atoms with Crippen LogP contribution in [0.3, 0.4) is 0 Å². The van der Waals surface area contributed by atoms with E-state index in [1.807, 2.05) is 0 Å². The molecule has 1 rings (SSSR count). The Morgan fingerprint density at radius 3 is 2.59 bits per heavy atom. The van der Waals surface area contributed by atoms with Crippen molar-refractivity contribution in [3.8, 4) is 0 Å². The van der Waals surface area contributed by atoms with Crippen molar-refractivity contribution >= 4 is 15.9 Å². The van der Waals surface area contributed by atoms with Crippen LogP contribution >= 0.6 is 15.9 Å². The number of benzene rings is 1. The van der Waals surface area contributed by atoms with Gasteiger partial charge in [0.25, 0.3) is 0 Å². The van der Waals surface area contributed by atoms with Crippen molar-refractivity contribution in [2.45, 2.75) is 46.1 Å². The van der Waals surface area contributed by atoms with Crippen molar-refractivity contribution in [3.05, 3.63) is 33.8 Å². The van der Waals surface area contributed by atoms with Crippen LogP contribution in [0.2, 0.25) is 0 Å². The Kier molecular flexibility index (Phi) is 6.21. The molecule has 0 saturated carbocycles. The Balaban J connectivity index is 2.75. The van der Waals surface area contributed by atoms with Crippen molar-refractivity contribution in [2.24, 2.45) is 5.92 Å². The summed E-state index contributed by atoms with van der Waals surface area (Å²) in [5.41, 5.74) is 2.71. The lowest BCUT2D eigenvalue weighted by Gasteiger charge is -2.21. The van der Waals surface area contributed by atoms with Gasteiger partial charge in [-0.25, -0.2) is 0 Å². The normalized spacial score (nSPS) is 14.6. The fourth-order valence-corrected chi connectivity index (χ4v) is 2.56. The zero-order valence-electron chi connectivity index (χ0n) is 11.4. The molecule has 0 radical (unpaired) electrons. The van der Waals surface area contributed by atoms with Crippen molar-refractivity contribution in [1.82, 2.24) is 5.32 Å². The van der Waals surface area contributed by atoms with E-state index in [4.69, 9.17) is 0 Å². The Morgan fingerprint density at radius 1 is 1.35 bits per heavy atom. The number of rotatable bonds is 6. The van der Waals surface area contributed by atoms with Gasteiger partial charge in [0.15, 0.2) is 0 Å². The predicted molar refractivity (Wildman–Crippen MR) is 79.4 cm³/mol. The van der Waals surface area contributed by atoms with E-state index in [1.54, 1.807) is 0 Å². The van der Waals surface area contributed by atoms with Crippen LogP contribution in [-0.2, 0) is 0 Å². The molecule has 0 bridgehead atoms. The molecule has 2 atom stereocenters. The maximum Gasteiger partial charge on any atom is 0.0320 e. The second kappa shape index (κ2) is 7.17. The smallest absolute Gasteiger partial charge is 0.0320 e. The van der Waals surface area contributed by atoms with Crippen LogP contribution in [-0.4, -0.2) is 7.05 Å². The van der Waals surface area contributed by atoms with E-state index in [2.05, 4.69) is 67.3 Å². The second-order valence-electron chi connectivity index (χ2n) is 4.98. The molecule has 0 fully saturated rings. The first-order valence-electron chi connectivity index (χ1n) is 6.51. The maximum atomic E-state index is 3.56. The van der Waals surface area contributed by atoms with Gasteiger partial charge in [-0.3, -0.25) is 0 Å². The van der Waals surface area contributed by atoms with Crippen molar-refractivity contribution in [1.29, 1.82) is 0 Å². The summed E-state index contributed by atoms with van der Waals surface area (Å²) in [4.78, 5) is 0. The quantitative estimate of drug-likeness (QED) is 0.792. The lowest BCUT2D eigenvalue weighted by atomic mass is 9.92. The number of hydrogen-bond acceptors (Lipinski definition) is 1. The van der Waals surface area contributed by atoms with E-state index in [1.165, 1.54) is 34.9 Å². The van der Waals surface area contributed by atoms with Gasteiger partial charge in [0.2, 0.25) is 0 Å². The third-order valence-electron chi connectivity index (χ3n) is 3.35. The molecule has 0 amide bonds. The van der Waals surface area contributed by atoms with Gasteiger partial charge in [-0.15, -0.1) is 0 Å². The second-order valence-corrected chi connectivity index (χ2v) is 5.83. The minimum atomic E-state index is 0.475. The molecule has 1 aromatic rings. The zero-order chi connectivity index (χ0) is 12.8. The van der Waals surface area contributed by atoms with Crippen molar-refractivity contribution in [3.63, 3.8) is 0 Å². The summed E-state index contributed by atoms with van der Waals surface area (Å²) in [7, 11) is 2.06. The first-order valence-corrected chi connectivity index (χ1v) is 7.31. The molecule has 0 aromatic heterocycles. The first kappa shape index (κ1) is 14.7. The molecule has 96 valence electrons. The highest BCUT2D eigenvalue weighted by Gasteiger charge is 2.13. The van der Waals surface area contributed by atoms with Gasteiger partial charge in [-0.05, 0) is 43.5 Å². The number of hydrogen-bond donors (Lipinski definition) is 1. The Hall–Kier alpha value is -0.340. The lowest BCUT2D eigenvalue weighted by molar-refractivity contribution is 0.407. The SMILES string of the molecule is CCCC(C)CC(NC)c1ccc(Br)c(C)c1. The van der Waals surface area contributed by atoms with Crippen LogP contribution in [0.5, 0.6) is 0 Å². The minimum Gasteiger partial charge on any atom is -0.313 e. The number of nitrogens with one attached hydrogen (secondary N) is 1. The molecule has 1 nitrogen and oxygen atoms in total. The molecule has 17 heavy (non-hydrogen) atoms. The Morgan fingerprint density at radius 2 is 2.06 bits per heavy atom.